The minimum absolute atomic E-state index is 0.347. The van der Waals surface area contributed by atoms with Gasteiger partial charge in [0, 0.05) is 23.3 Å². The maximum atomic E-state index is 13.0. The summed E-state index contributed by atoms with van der Waals surface area (Å²) in [5, 5.41) is 4.23. The molecule has 168 valence electrons. The van der Waals surface area contributed by atoms with E-state index in [1.165, 1.54) is 0 Å². The van der Waals surface area contributed by atoms with Gasteiger partial charge in [-0.3, -0.25) is 14.9 Å². The van der Waals surface area contributed by atoms with Gasteiger partial charge in [0.05, 0.1) is 23.8 Å². The maximum Gasteiger partial charge on any atom is 0.259 e. The van der Waals surface area contributed by atoms with Gasteiger partial charge in [-0.15, -0.1) is 0 Å². The van der Waals surface area contributed by atoms with Crippen LogP contribution in [0, 0.1) is 0 Å². The fraction of sp³-hybridized carbons (Fsp3) is 0.259. The number of carbonyl (C=O) groups excluding carboxylic acids is 2. The number of nitrogens with one attached hydrogen (secondary N) is 1. The maximum absolute atomic E-state index is 13.0. The number of benzene rings is 3. The SMILES string of the molecule is COc1cc2c3c4c(c(-c5ccccc5)cc3n(C)c2cc1CCCN(C)C)C(=O)NC4=O. The molecule has 0 atom stereocenters. The lowest BCUT2D eigenvalue weighted by atomic mass is 9.92. The highest BCUT2D eigenvalue weighted by Crippen LogP contribution is 2.41. The second-order valence-electron chi connectivity index (χ2n) is 8.86. The molecular weight excluding hydrogens is 414 g/mol. The van der Waals surface area contributed by atoms with E-state index in [9.17, 15) is 9.59 Å². The molecular formula is C27H27N3O3. The Morgan fingerprint density at radius 2 is 1.70 bits per heavy atom. The zero-order valence-corrected chi connectivity index (χ0v) is 19.4. The van der Waals surface area contributed by atoms with Crippen LogP contribution in [0.2, 0.25) is 0 Å². The summed E-state index contributed by atoms with van der Waals surface area (Å²) < 4.78 is 7.85. The molecule has 1 aliphatic heterocycles. The van der Waals surface area contributed by atoms with Crippen molar-refractivity contribution in [2.45, 2.75) is 12.8 Å². The molecule has 0 unspecified atom stereocenters. The molecule has 5 rings (SSSR count). The number of rotatable bonds is 6. The van der Waals surface area contributed by atoms with Crippen LogP contribution in [0.15, 0.2) is 48.5 Å². The number of aryl methyl sites for hydroxylation is 2. The Hall–Kier alpha value is -3.64. The lowest BCUT2D eigenvalue weighted by Crippen LogP contribution is -2.20. The van der Waals surface area contributed by atoms with Gasteiger partial charge in [0.1, 0.15) is 5.75 Å². The van der Waals surface area contributed by atoms with Crippen LogP contribution in [-0.4, -0.2) is 49.0 Å². The van der Waals surface area contributed by atoms with E-state index in [0.717, 1.165) is 63.6 Å². The monoisotopic (exact) mass is 441 g/mol. The van der Waals surface area contributed by atoms with Crippen molar-refractivity contribution in [1.82, 2.24) is 14.8 Å². The first-order chi connectivity index (χ1) is 15.9. The second kappa shape index (κ2) is 8.05. The number of aromatic nitrogens is 1. The molecule has 33 heavy (non-hydrogen) atoms. The Bertz CT molecular complexity index is 1420. The molecule has 0 bridgehead atoms. The Kier molecular flexibility index (Phi) is 5.17. The zero-order chi connectivity index (χ0) is 23.3. The van der Waals surface area contributed by atoms with E-state index < -0.39 is 0 Å². The van der Waals surface area contributed by atoms with E-state index in [4.69, 9.17) is 4.74 Å². The van der Waals surface area contributed by atoms with Gasteiger partial charge < -0.3 is 14.2 Å². The van der Waals surface area contributed by atoms with Crippen molar-refractivity contribution in [2.24, 2.45) is 7.05 Å². The number of nitrogens with zero attached hydrogens (tertiary/aromatic N) is 2. The van der Waals surface area contributed by atoms with Crippen molar-refractivity contribution in [3.63, 3.8) is 0 Å². The van der Waals surface area contributed by atoms with Crippen LogP contribution in [0.5, 0.6) is 5.75 Å². The molecule has 6 heteroatoms. The van der Waals surface area contributed by atoms with Gasteiger partial charge in [-0.25, -0.2) is 0 Å². The molecule has 1 N–H and O–H groups in total. The zero-order valence-electron chi connectivity index (χ0n) is 19.4. The number of hydrogen-bond acceptors (Lipinski definition) is 4. The van der Waals surface area contributed by atoms with Crippen LogP contribution in [0.4, 0.5) is 0 Å². The molecule has 0 aliphatic carbocycles. The number of carbonyl (C=O) groups is 2. The Morgan fingerprint density at radius 3 is 2.39 bits per heavy atom. The summed E-state index contributed by atoms with van der Waals surface area (Å²) in [6.07, 6.45) is 1.91. The predicted octanol–water partition coefficient (Wildman–Crippen LogP) is 4.38. The molecule has 1 aromatic heterocycles. The first kappa shape index (κ1) is 21.2. The number of imide groups is 1. The molecule has 6 nitrogen and oxygen atoms in total. The molecule has 0 fully saturated rings. The van der Waals surface area contributed by atoms with E-state index in [2.05, 4.69) is 34.9 Å². The fourth-order valence-electron chi connectivity index (χ4n) is 4.93. The lowest BCUT2D eigenvalue weighted by Gasteiger charge is -2.12. The highest BCUT2D eigenvalue weighted by molar-refractivity contribution is 6.32. The van der Waals surface area contributed by atoms with Crippen LogP contribution >= 0.6 is 0 Å². The topological polar surface area (TPSA) is 63.6 Å². The number of fused-ring (bicyclic) bond motifs is 5. The Labute approximate surface area is 192 Å². The summed E-state index contributed by atoms with van der Waals surface area (Å²) in [6, 6.07) is 15.9. The van der Waals surface area contributed by atoms with Crippen molar-refractivity contribution >= 4 is 33.6 Å². The van der Waals surface area contributed by atoms with E-state index in [1.807, 2.05) is 49.5 Å². The largest absolute Gasteiger partial charge is 0.496 e. The van der Waals surface area contributed by atoms with E-state index >= 15 is 0 Å². The van der Waals surface area contributed by atoms with Gasteiger partial charge in [0.25, 0.3) is 11.8 Å². The normalized spacial score (nSPS) is 13.2. The average Bonchev–Trinajstić information content (AvgIpc) is 3.25. The molecule has 2 heterocycles. The highest BCUT2D eigenvalue weighted by atomic mass is 16.5. The summed E-state index contributed by atoms with van der Waals surface area (Å²) in [5.41, 5.74) is 5.64. The third kappa shape index (κ3) is 3.38. The van der Waals surface area contributed by atoms with Gasteiger partial charge in [0.15, 0.2) is 0 Å². The summed E-state index contributed by atoms with van der Waals surface area (Å²) in [4.78, 5) is 28.0. The van der Waals surface area contributed by atoms with Crippen LogP contribution in [0.3, 0.4) is 0 Å². The van der Waals surface area contributed by atoms with Crippen LogP contribution in [0.1, 0.15) is 32.7 Å². The van der Waals surface area contributed by atoms with E-state index in [1.54, 1.807) is 7.11 Å². The number of amides is 2. The molecule has 0 radical (unpaired) electrons. The van der Waals surface area contributed by atoms with Gasteiger partial charge in [0.2, 0.25) is 0 Å². The second-order valence-corrected chi connectivity index (χ2v) is 8.86. The molecule has 0 spiro atoms. The molecule has 2 amide bonds. The van der Waals surface area contributed by atoms with Crippen molar-refractivity contribution in [3.05, 3.63) is 65.2 Å². The third-order valence-corrected chi connectivity index (χ3v) is 6.51. The minimum Gasteiger partial charge on any atom is -0.496 e. The fourth-order valence-corrected chi connectivity index (χ4v) is 4.93. The molecule has 3 aromatic carbocycles. The van der Waals surface area contributed by atoms with Crippen LogP contribution in [0.25, 0.3) is 32.9 Å². The summed E-state index contributed by atoms with van der Waals surface area (Å²) in [5.74, 6) is 0.110. The number of ether oxygens (including phenoxy) is 1. The van der Waals surface area contributed by atoms with E-state index in [-0.39, 0.29) is 11.8 Å². The van der Waals surface area contributed by atoms with Crippen LogP contribution < -0.4 is 10.1 Å². The molecule has 0 saturated heterocycles. The highest BCUT2D eigenvalue weighted by Gasteiger charge is 2.34. The minimum atomic E-state index is -0.348. The standard InChI is InChI=1S/C27H27N3O3/c1-29(2)12-8-11-17-13-20-19(15-22(17)33-4)23-21(30(20)3)14-18(16-9-6-5-7-10-16)24-25(23)27(32)28-26(24)31/h5-7,9-10,13-15H,8,11-12H2,1-4H3,(H,28,31,32). The van der Waals surface area contributed by atoms with Gasteiger partial charge >= 0.3 is 0 Å². The van der Waals surface area contributed by atoms with Gasteiger partial charge in [-0.05, 0) is 68.4 Å². The average molecular weight is 442 g/mol. The Balaban J connectivity index is 1.80. The smallest absolute Gasteiger partial charge is 0.259 e. The van der Waals surface area contributed by atoms with Crippen molar-refractivity contribution in [1.29, 1.82) is 0 Å². The van der Waals surface area contributed by atoms with Crippen LogP contribution in [-0.2, 0) is 13.5 Å². The first-order valence-electron chi connectivity index (χ1n) is 11.1. The lowest BCUT2D eigenvalue weighted by molar-refractivity contribution is 0.0880. The van der Waals surface area contributed by atoms with Gasteiger partial charge in [-0.2, -0.15) is 0 Å². The quantitative estimate of drug-likeness (QED) is 0.451. The number of methoxy groups -OCH3 is 1. The summed E-state index contributed by atoms with van der Waals surface area (Å²) in [6.45, 7) is 0.993. The summed E-state index contributed by atoms with van der Waals surface area (Å²) >= 11 is 0. The Morgan fingerprint density at radius 1 is 0.970 bits per heavy atom. The molecule has 0 saturated carbocycles. The van der Waals surface area contributed by atoms with Crippen molar-refractivity contribution < 1.29 is 14.3 Å². The predicted molar refractivity (Wildman–Crippen MR) is 131 cm³/mol. The summed E-state index contributed by atoms with van der Waals surface area (Å²) in [7, 11) is 7.83. The van der Waals surface area contributed by atoms with Crippen molar-refractivity contribution in [2.75, 3.05) is 27.7 Å². The third-order valence-electron chi connectivity index (χ3n) is 6.51. The first-order valence-corrected chi connectivity index (χ1v) is 11.1. The van der Waals surface area contributed by atoms with E-state index in [0.29, 0.717) is 11.1 Å². The molecule has 4 aromatic rings. The number of hydrogen-bond donors (Lipinski definition) is 1. The van der Waals surface area contributed by atoms with Crippen molar-refractivity contribution in [3.8, 4) is 16.9 Å². The van der Waals surface area contributed by atoms with Gasteiger partial charge in [-0.1, -0.05) is 30.3 Å². The molecule has 1 aliphatic rings.